The molecule has 1 aromatic carbocycles. The largest absolute Gasteiger partial charge is 0.508 e. The van der Waals surface area contributed by atoms with Crippen LogP contribution in [0.4, 0.5) is 0 Å². The van der Waals surface area contributed by atoms with Gasteiger partial charge in [0, 0.05) is 17.3 Å². The van der Waals surface area contributed by atoms with Crippen LogP contribution >= 0.6 is 11.8 Å². The Morgan fingerprint density at radius 2 is 2.05 bits per heavy atom. The lowest BCUT2D eigenvalue weighted by Gasteiger charge is -2.24. The first-order valence-corrected chi connectivity index (χ1v) is 8.89. The maximum atomic E-state index is 9.29. The smallest absolute Gasteiger partial charge is 0.115 e. The fraction of sp³-hybridized carbons (Fsp3) is 0.647. The molecule has 1 aromatic rings. The summed E-state index contributed by atoms with van der Waals surface area (Å²) in [5.41, 5.74) is 1.31. The van der Waals surface area contributed by atoms with Crippen LogP contribution in [0.1, 0.15) is 45.1 Å². The lowest BCUT2D eigenvalue weighted by atomic mass is 10.1. The number of phenols is 1. The van der Waals surface area contributed by atoms with E-state index in [1.165, 1.54) is 30.6 Å². The molecule has 20 heavy (non-hydrogen) atoms. The summed E-state index contributed by atoms with van der Waals surface area (Å²) in [5, 5.41) is 13.9. The first-order valence-electron chi connectivity index (χ1n) is 7.84. The number of aromatic hydroxyl groups is 1. The number of hydrogen-bond donors (Lipinski definition) is 2. The molecule has 0 bridgehead atoms. The molecule has 112 valence electrons. The van der Waals surface area contributed by atoms with Gasteiger partial charge < -0.3 is 10.4 Å². The Morgan fingerprint density at radius 3 is 2.75 bits per heavy atom. The number of benzene rings is 1. The highest BCUT2D eigenvalue weighted by Crippen LogP contribution is 2.30. The Labute approximate surface area is 127 Å². The van der Waals surface area contributed by atoms with Gasteiger partial charge >= 0.3 is 0 Å². The van der Waals surface area contributed by atoms with Gasteiger partial charge in [0.2, 0.25) is 0 Å². The van der Waals surface area contributed by atoms with Crippen molar-refractivity contribution in [3.8, 4) is 5.75 Å². The molecule has 3 heteroatoms. The highest BCUT2D eigenvalue weighted by atomic mass is 32.2. The number of thioether (sulfide) groups is 1. The van der Waals surface area contributed by atoms with Crippen molar-refractivity contribution >= 4 is 11.8 Å². The van der Waals surface area contributed by atoms with E-state index < -0.39 is 0 Å². The third-order valence-electron chi connectivity index (χ3n) is 4.13. The van der Waals surface area contributed by atoms with Gasteiger partial charge in [-0.05, 0) is 56.1 Å². The molecule has 2 nitrogen and oxygen atoms in total. The summed E-state index contributed by atoms with van der Waals surface area (Å²) in [6.07, 6.45) is 6.32. The van der Waals surface area contributed by atoms with E-state index in [1.54, 1.807) is 12.1 Å². The third-order valence-corrected chi connectivity index (χ3v) is 5.46. The molecule has 0 saturated heterocycles. The van der Waals surface area contributed by atoms with E-state index in [0.29, 0.717) is 17.8 Å². The van der Waals surface area contributed by atoms with Crippen LogP contribution in [0.2, 0.25) is 0 Å². The van der Waals surface area contributed by atoms with Crippen molar-refractivity contribution in [3.63, 3.8) is 0 Å². The first-order chi connectivity index (χ1) is 9.69. The van der Waals surface area contributed by atoms with E-state index in [1.807, 2.05) is 12.1 Å². The van der Waals surface area contributed by atoms with Gasteiger partial charge in [0.25, 0.3) is 0 Å². The van der Waals surface area contributed by atoms with Crippen molar-refractivity contribution in [2.45, 2.75) is 63.3 Å². The zero-order valence-electron chi connectivity index (χ0n) is 12.6. The van der Waals surface area contributed by atoms with Crippen LogP contribution in [0.25, 0.3) is 0 Å². The Balaban J connectivity index is 1.74. The number of hydrogen-bond acceptors (Lipinski definition) is 3. The third kappa shape index (κ3) is 4.71. The molecule has 2 N–H and O–H groups in total. The molecule has 0 radical (unpaired) electrons. The fourth-order valence-corrected chi connectivity index (χ4v) is 4.23. The van der Waals surface area contributed by atoms with Crippen molar-refractivity contribution in [2.24, 2.45) is 0 Å². The average Bonchev–Trinajstić information content (AvgIpc) is 2.86. The van der Waals surface area contributed by atoms with Gasteiger partial charge in [0.1, 0.15) is 5.75 Å². The molecule has 0 heterocycles. The number of phenolic OH excluding ortho intramolecular Hbond substituents is 1. The summed E-state index contributed by atoms with van der Waals surface area (Å²) in [5.74, 6) is 1.58. The normalized spacial score (nSPS) is 23.9. The number of aryl methyl sites for hydroxylation is 1. The standard InChI is InChI=1S/C17H27NOS/c1-3-20-17-6-4-5-16(17)18-13(2)7-8-14-9-11-15(19)12-10-14/h9-13,16-19H,3-8H2,1-2H3. The van der Waals surface area contributed by atoms with Gasteiger partial charge in [-0.1, -0.05) is 25.5 Å². The van der Waals surface area contributed by atoms with Crippen molar-refractivity contribution in [1.82, 2.24) is 5.32 Å². The quantitative estimate of drug-likeness (QED) is 0.797. The van der Waals surface area contributed by atoms with Gasteiger partial charge in [0.15, 0.2) is 0 Å². The summed E-state index contributed by atoms with van der Waals surface area (Å²) >= 11 is 2.11. The van der Waals surface area contributed by atoms with E-state index in [4.69, 9.17) is 0 Å². The highest BCUT2D eigenvalue weighted by molar-refractivity contribution is 7.99. The van der Waals surface area contributed by atoms with Crippen LogP contribution in [0.3, 0.4) is 0 Å². The van der Waals surface area contributed by atoms with Crippen LogP contribution < -0.4 is 5.32 Å². The maximum absolute atomic E-state index is 9.29. The Hall–Kier alpha value is -0.670. The second-order valence-electron chi connectivity index (χ2n) is 5.80. The molecule has 1 aliphatic rings. The predicted molar refractivity (Wildman–Crippen MR) is 88.6 cm³/mol. The van der Waals surface area contributed by atoms with Gasteiger partial charge in [-0.3, -0.25) is 0 Å². The van der Waals surface area contributed by atoms with E-state index in [2.05, 4.69) is 30.9 Å². The second kappa shape index (κ2) is 7.94. The lowest BCUT2D eigenvalue weighted by molar-refractivity contribution is 0.436. The predicted octanol–water partition coefficient (Wildman–Crippen LogP) is 3.98. The molecule has 0 spiro atoms. The molecule has 1 fully saturated rings. The van der Waals surface area contributed by atoms with Crippen LogP contribution in [-0.4, -0.2) is 28.2 Å². The van der Waals surface area contributed by atoms with Gasteiger partial charge in [-0.15, -0.1) is 0 Å². The molecular weight excluding hydrogens is 266 g/mol. The van der Waals surface area contributed by atoms with Gasteiger partial charge in [-0.2, -0.15) is 11.8 Å². The van der Waals surface area contributed by atoms with Crippen LogP contribution in [0.15, 0.2) is 24.3 Å². The van der Waals surface area contributed by atoms with Crippen molar-refractivity contribution < 1.29 is 5.11 Å². The minimum absolute atomic E-state index is 0.352. The Kier molecular flexibility index (Phi) is 6.24. The van der Waals surface area contributed by atoms with Crippen LogP contribution in [0, 0.1) is 0 Å². The molecule has 1 saturated carbocycles. The molecule has 3 atom stereocenters. The van der Waals surface area contributed by atoms with E-state index >= 15 is 0 Å². The molecule has 0 aliphatic heterocycles. The Bertz CT molecular complexity index is 392. The zero-order valence-corrected chi connectivity index (χ0v) is 13.5. The number of nitrogens with one attached hydrogen (secondary N) is 1. The molecule has 2 rings (SSSR count). The van der Waals surface area contributed by atoms with Gasteiger partial charge in [-0.25, -0.2) is 0 Å². The maximum Gasteiger partial charge on any atom is 0.115 e. The molecule has 3 unspecified atom stereocenters. The zero-order chi connectivity index (χ0) is 14.4. The summed E-state index contributed by atoms with van der Waals surface area (Å²) in [6, 6.07) is 8.86. The van der Waals surface area contributed by atoms with Crippen LogP contribution in [0.5, 0.6) is 5.75 Å². The first kappa shape index (κ1) is 15.7. The minimum Gasteiger partial charge on any atom is -0.508 e. The molecule has 0 amide bonds. The average molecular weight is 293 g/mol. The monoisotopic (exact) mass is 293 g/mol. The van der Waals surface area contributed by atoms with Gasteiger partial charge in [0.05, 0.1) is 0 Å². The van der Waals surface area contributed by atoms with Crippen molar-refractivity contribution in [3.05, 3.63) is 29.8 Å². The molecule has 0 aromatic heterocycles. The summed E-state index contributed by atoms with van der Waals surface area (Å²) in [4.78, 5) is 0. The molecule has 1 aliphatic carbocycles. The fourth-order valence-electron chi connectivity index (χ4n) is 3.02. The van der Waals surface area contributed by atoms with E-state index in [-0.39, 0.29) is 0 Å². The van der Waals surface area contributed by atoms with Crippen molar-refractivity contribution in [2.75, 3.05) is 5.75 Å². The summed E-state index contributed by atoms with van der Waals surface area (Å²) < 4.78 is 0. The Morgan fingerprint density at radius 1 is 1.30 bits per heavy atom. The summed E-state index contributed by atoms with van der Waals surface area (Å²) in [7, 11) is 0. The van der Waals surface area contributed by atoms with Crippen molar-refractivity contribution in [1.29, 1.82) is 0 Å². The lowest BCUT2D eigenvalue weighted by Crippen LogP contribution is -2.40. The van der Waals surface area contributed by atoms with Crippen LogP contribution in [-0.2, 0) is 6.42 Å². The van der Waals surface area contributed by atoms with E-state index in [0.717, 1.165) is 18.1 Å². The highest BCUT2D eigenvalue weighted by Gasteiger charge is 2.27. The topological polar surface area (TPSA) is 32.3 Å². The second-order valence-corrected chi connectivity index (χ2v) is 7.32. The molecular formula is C17H27NOS. The minimum atomic E-state index is 0.352. The van der Waals surface area contributed by atoms with E-state index in [9.17, 15) is 5.11 Å². The SMILES string of the molecule is CCSC1CCCC1NC(C)CCc1ccc(O)cc1. The number of rotatable bonds is 7. The summed E-state index contributed by atoms with van der Waals surface area (Å²) in [6.45, 7) is 4.56.